The minimum Gasteiger partial charge on any atom is -0.407 e. The van der Waals surface area contributed by atoms with Gasteiger partial charge < -0.3 is 4.43 Å². The molecule has 3 rings (SSSR count). The lowest BCUT2D eigenvalue weighted by Gasteiger charge is -2.43. The van der Waals surface area contributed by atoms with Crippen LogP contribution in [0.15, 0.2) is 84.9 Å². The van der Waals surface area contributed by atoms with Gasteiger partial charge in [-0.1, -0.05) is 106 Å². The fourth-order valence-electron chi connectivity index (χ4n) is 3.67. The average Bonchev–Trinajstić information content (AvgIpc) is 2.66. The molecular weight excluding hydrogens is 332 g/mol. The quantitative estimate of drug-likeness (QED) is 0.584. The van der Waals surface area contributed by atoms with E-state index in [1.807, 2.05) is 12.1 Å². The molecule has 0 aromatic heterocycles. The summed E-state index contributed by atoms with van der Waals surface area (Å²) in [5, 5.41) is 2.69. The molecule has 1 nitrogen and oxygen atoms in total. The molecule has 0 bridgehead atoms. The smallest absolute Gasteiger partial charge is 0.261 e. The first kappa shape index (κ1) is 18.6. The van der Waals surface area contributed by atoms with Crippen molar-refractivity contribution in [3.05, 3.63) is 96.6 Å². The van der Waals surface area contributed by atoms with Crippen LogP contribution < -0.4 is 10.4 Å². The van der Waals surface area contributed by atoms with Crippen molar-refractivity contribution in [2.45, 2.75) is 32.2 Å². The molecule has 0 fully saturated rings. The molecule has 0 amide bonds. The van der Waals surface area contributed by atoms with Gasteiger partial charge >= 0.3 is 0 Å². The molecule has 2 heteroatoms. The van der Waals surface area contributed by atoms with Gasteiger partial charge in [0.1, 0.15) is 0 Å². The molecule has 26 heavy (non-hydrogen) atoms. The number of hydrogen-bond acceptors (Lipinski definition) is 1. The minimum atomic E-state index is -2.41. The highest BCUT2D eigenvalue weighted by Gasteiger charge is 2.49. The van der Waals surface area contributed by atoms with Crippen molar-refractivity contribution < 1.29 is 4.43 Å². The van der Waals surface area contributed by atoms with Crippen LogP contribution in [0.2, 0.25) is 5.04 Å². The molecular formula is C24H27OSi. The Morgan fingerprint density at radius 3 is 1.73 bits per heavy atom. The van der Waals surface area contributed by atoms with Gasteiger partial charge in [-0.2, -0.15) is 0 Å². The molecule has 3 aromatic carbocycles. The SMILES string of the molecule is CC(C)(C)[Si](OCCc1cc[c]cc1)(c1ccccc1)c1ccccc1. The molecule has 0 saturated carbocycles. The maximum Gasteiger partial charge on any atom is 0.261 e. The summed E-state index contributed by atoms with van der Waals surface area (Å²) in [5.41, 5.74) is 1.29. The fraction of sp³-hybridized carbons (Fsp3) is 0.250. The van der Waals surface area contributed by atoms with Crippen LogP contribution in [0.25, 0.3) is 0 Å². The van der Waals surface area contributed by atoms with E-state index in [1.165, 1.54) is 15.9 Å². The van der Waals surface area contributed by atoms with Crippen molar-refractivity contribution in [1.82, 2.24) is 0 Å². The molecule has 0 unspecified atom stereocenters. The van der Waals surface area contributed by atoms with E-state index in [0.29, 0.717) is 0 Å². The minimum absolute atomic E-state index is 0.0279. The summed E-state index contributed by atoms with van der Waals surface area (Å²) in [6, 6.07) is 32.9. The van der Waals surface area contributed by atoms with Crippen LogP contribution in [-0.2, 0) is 10.8 Å². The lowest BCUT2D eigenvalue weighted by Crippen LogP contribution is -2.66. The Morgan fingerprint density at radius 1 is 0.769 bits per heavy atom. The van der Waals surface area contributed by atoms with E-state index in [1.54, 1.807) is 0 Å². The van der Waals surface area contributed by atoms with Crippen LogP contribution in [0.4, 0.5) is 0 Å². The number of rotatable bonds is 6. The van der Waals surface area contributed by atoms with Crippen LogP contribution >= 0.6 is 0 Å². The Balaban J connectivity index is 2.00. The second-order valence-electron chi connectivity index (χ2n) is 7.67. The topological polar surface area (TPSA) is 9.23 Å². The van der Waals surface area contributed by atoms with Gasteiger partial charge in [0.2, 0.25) is 0 Å². The third kappa shape index (κ3) is 3.82. The van der Waals surface area contributed by atoms with E-state index in [-0.39, 0.29) is 5.04 Å². The average molecular weight is 360 g/mol. The lowest BCUT2D eigenvalue weighted by molar-refractivity contribution is 0.302. The number of benzene rings is 3. The predicted octanol–water partition coefficient (Wildman–Crippen LogP) is 4.61. The molecule has 3 aromatic rings. The Morgan fingerprint density at radius 2 is 1.27 bits per heavy atom. The highest BCUT2D eigenvalue weighted by Crippen LogP contribution is 2.36. The monoisotopic (exact) mass is 359 g/mol. The lowest BCUT2D eigenvalue weighted by atomic mass is 10.2. The van der Waals surface area contributed by atoms with Crippen LogP contribution in [0.1, 0.15) is 26.3 Å². The van der Waals surface area contributed by atoms with E-state index in [9.17, 15) is 0 Å². The van der Waals surface area contributed by atoms with Crippen LogP contribution in [-0.4, -0.2) is 14.9 Å². The van der Waals surface area contributed by atoms with Gasteiger partial charge in [0, 0.05) is 6.61 Å². The molecule has 0 spiro atoms. The molecule has 133 valence electrons. The van der Waals surface area contributed by atoms with Gasteiger partial charge in [-0.05, 0) is 33.5 Å². The zero-order valence-corrected chi connectivity index (χ0v) is 16.9. The summed E-state index contributed by atoms with van der Waals surface area (Å²) in [6.07, 6.45) is 0.916. The first-order chi connectivity index (χ1) is 12.5. The summed E-state index contributed by atoms with van der Waals surface area (Å²) in [4.78, 5) is 0. The maximum absolute atomic E-state index is 6.90. The van der Waals surface area contributed by atoms with Gasteiger partial charge in [-0.3, -0.25) is 0 Å². The van der Waals surface area contributed by atoms with Gasteiger partial charge in [0.25, 0.3) is 8.32 Å². The Hall–Kier alpha value is -2.16. The molecule has 1 radical (unpaired) electrons. The zero-order valence-electron chi connectivity index (χ0n) is 15.9. The Bertz CT molecular complexity index is 752. The second kappa shape index (κ2) is 8.03. The van der Waals surface area contributed by atoms with E-state index in [2.05, 4.69) is 99.6 Å². The largest absolute Gasteiger partial charge is 0.407 e. The summed E-state index contributed by atoms with van der Waals surface area (Å²) in [6.45, 7) is 7.67. The van der Waals surface area contributed by atoms with Crippen molar-refractivity contribution in [3.63, 3.8) is 0 Å². The summed E-state index contributed by atoms with van der Waals surface area (Å²) < 4.78 is 6.90. The van der Waals surface area contributed by atoms with E-state index >= 15 is 0 Å². The van der Waals surface area contributed by atoms with Crippen molar-refractivity contribution in [1.29, 1.82) is 0 Å². The molecule has 0 aliphatic carbocycles. The first-order valence-electron chi connectivity index (χ1n) is 9.24. The first-order valence-corrected chi connectivity index (χ1v) is 11.1. The summed E-state index contributed by atoms with van der Waals surface area (Å²) in [5.74, 6) is 0. The second-order valence-corrected chi connectivity index (χ2v) is 12.0. The van der Waals surface area contributed by atoms with Crippen molar-refractivity contribution in [2.75, 3.05) is 6.61 Å². The van der Waals surface area contributed by atoms with Gasteiger partial charge in [0.05, 0.1) is 0 Å². The maximum atomic E-state index is 6.90. The van der Waals surface area contributed by atoms with Crippen LogP contribution in [0, 0.1) is 6.07 Å². The molecule has 0 aliphatic rings. The normalized spacial score (nSPS) is 12.1. The van der Waals surface area contributed by atoms with E-state index in [4.69, 9.17) is 4.43 Å². The standard InChI is InChI=1S/C24H27OSi/c1-24(2,3)26(22-15-9-5-10-16-22,23-17-11-6-12-18-23)25-20-19-21-13-7-4-8-14-21/h5-18H,19-20H2,1-3H3. The molecule has 0 N–H and O–H groups in total. The van der Waals surface area contributed by atoms with Crippen molar-refractivity contribution in [3.8, 4) is 0 Å². The molecule has 0 saturated heterocycles. The highest BCUT2D eigenvalue weighted by molar-refractivity contribution is 6.99. The number of hydrogen-bond donors (Lipinski definition) is 0. The summed E-state index contributed by atoms with van der Waals surface area (Å²) >= 11 is 0. The molecule has 0 aliphatic heterocycles. The van der Waals surface area contributed by atoms with Gasteiger partial charge in [-0.25, -0.2) is 0 Å². The van der Waals surface area contributed by atoms with Crippen molar-refractivity contribution >= 4 is 18.7 Å². The van der Waals surface area contributed by atoms with Crippen molar-refractivity contribution in [2.24, 2.45) is 0 Å². The van der Waals surface area contributed by atoms with Crippen LogP contribution in [0.3, 0.4) is 0 Å². The van der Waals surface area contributed by atoms with Gasteiger partial charge in [0.15, 0.2) is 0 Å². The molecule has 0 atom stereocenters. The third-order valence-electron chi connectivity index (χ3n) is 4.91. The Labute approximate surface area is 158 Å². The zero-order chi connectivity index (χ0) is 18.5. The fourth-order valence-corrected chi connectivity index (χ4v) is 8.24. The third-order valence-corrected chi connectivity index (χ3v) is 9.96. The highest BCUT2D eigenvalue weighted by atomic mass is 28.4. The van der Waals surface area contributed by atoms with Crippen LogP contribution in [0.5, 0.6) is 0 Å². The summed E-state index contributed by atoms with van der Waals surface area (Å²) in [7, 11) is -2.41. The Kier molecular flexibility index (Phi) is 5.75. The van der Waals surface area contributed by atoms with Gasteiger partial charge in [-0.15, -0.1) is 0 Å². The van der Waals surface area contributed by atoms with E-state index < -0.39 is 8.32 Å². The predicted molar refractivity (Wildman–Crippen MR) is 113 cm³/mol. The van der Waals surface area contributed by atoms with E-state index in [0.717, 1.165) is 13.0 Å². The molecule has 0 heterocycles.